The molecule has 0 bridgehead atoms. The van der Waals surface area contributed by atoms with Crippen LogP contribution in [0.25, 0.3) is 0 Å². The molecule has 0 heterocycles. The van der Waals surface area contributed by atoms with Crippen LogP contribution in [-0.2, 0) is 9.53 Å². The molecule has 0 aromatic carbocycles. The molecule has 76 valence electrons. The molecule has 1 unspecified atom stereocenters. The molecule has 0 fully saturated rings. The molecule has 13 heavy (non-hydrogen) atoms. The van der Waals surface area contributed by atoms with Crippen molar-refractivity contribution in [3.8, 4) is 0 Å². The Bertz CT molecular complexity index is 157. The fraction of sp³-hybridized carbons (Fsp3) is 0.700. The second kappa shape index (κ2) is 8.17. The average molecular weight is 202 g/mol. The predicted octanol–water partition coefficient (Wildman–Crippen LogP) is 2.64. The first-order chi connectivity index (χ1) is 6.24. The van der Waals surface area contributed by atoms with Gasteiger partial charge in [0.1, 0.15) is 6.61 Å². The van der Waals surface area contributed by atoms with Crippen LogP contribution in [0.4, 0.5) is 0 Å². The number of esters is 1. The SMILES string of the molecule is C=CC(=O)OCC(CCCC)SC. The number of rotatable bonds is 7. The van der Waals surface area contributed by atoms with Gasteiger partial charge < -0.3 is 4.74 Å². The molecule has 0 spiro atoms. The molecular formula is C10H18O2S. The smallest absolute Gasteiger partial charge is 0.330 e. The number of carbonyl (C=O) groups is 1. The average Bonchev–Trinajstić information content (AvgIpc) is 2.17. The van der Waals surface area contributed by atoms with Gasteiger partial charge >= 0.3 is 5.97 Å². The molecule has 0 aliphatic carbocycles. The van der Waals surface area contributed by atoms with Gasteiger partial charge in [0.25, 0.3) is 0 Å². The molecular weight excluding hydrogens is 184 g/mol. The van der Waals surface area contributed by atoms with E-state index >= 15 is 0 Å². The van der Waals surface area contributed by atoms with Crippen LogP contribution >= 0.6 is 11.8 Å². The van der Waals surface area contributed by atoms with E-state index in [1.54, 1.807) is 11.8 Å². The van der Waals surface area contributed by atoms with Crippen molar-refractivity contribution in [2.24, 2.45) is 0 Å². The van der Waals surface area contributed by atoms with Gasteiger partial charge in [-0.25, -0.2) is 4.79 Å². The van der Waals surface area contributed by atoms with Crippen molar-refractivity contribution in [2.75, 3.05) is 12.9 Å². The van der Waals surface area contributed by atoms with Crippen molar-refractivity contribution in [2.45, 2.75) is 31.4 Å². The quantitative estimate of drug-likeness (QED) is 0.469. The first-order valence-corrected chi connectivity index (χ1v) is 5.85. The normalized spacial score (nSPS) is 12.2. The lowest BCUT2D eigenvalue weighted by atomic mass is 10.2. The van der Waals surface area contributed by atoms with E-state index in [1.165, 1.54) is 18.9 Å². The van der Waals surface area contributed by atoms with Gasteiger partial charge in [-0.2, -0.15) is 11.8 Å². The summed E-state index contributed by atoms with van der Waals surface area (Å²) in [6, 6.07) is 0. The van der Waals surface area contributed by atoms with E-state index in [-0.39, 0.29) is 5.97 Å². The lowest BCUT2D eigenvalue weighted by Gasteiger charge is -2.12. The highest BCUT2D eigenvalue weighted by atomic mass is 32.2. The largest absolute Gasteiger partial charge is 0.461 e. The van der Waals surface area contributed by atoms with Gasteiger partial charge in [-0.15, -0.1) is 0 Å². The van der Waals surface area contributed by atoms with Crippen LogP contribution in [0.1, 0.15) is 26.2 Å². The van der Waals surface area contributed by atoms with Crippen LogP contribution in [0.15, 0.2) is 12.7 Å². The minimum atomic E-state index is -0.324. The molecule has 0 aliphatic rings. The summed E-state index contributed by atoms with van der Waals surface area (Å²) in [6.45, 7) is 6.01. The fourth-order valence-corrected chi connectivity index (χ4v) is 1.54. The maximum Gasteiger partial charge on any atom is 0.330 e. The standard InChI is InChI=1S/C10H18O2S/c1-4-6-7-9(13-3)8-12-10(11)5-2/h5,9H,2,4,6-8H2,1,3H3. The van der Waals surface area contributed by atoms with Gasteiger partial charge in [-0.05, 0) is 12.7 Å². The Morgan fingerprint density at radius 1 is 1.69 bits per heavy atom. The van der Waals surface area contributed by atoms with E-state index in [2.05, 4.69) is 13.5 Å². The van der Waals surface area contributed by atoms with Gasteiger partial charge in [0.05, 0.1) is 0 Å². The molecule has 0 rings (SSSR count). The lowest BCUT2D eigenvalue weighted by molar-refractivity contribution is -0.137. The monoisotopic (exact) mass is 202 g/mol. The highest BCUT2D eigenvalue weighted by Gasteiger charge is 2.08. The van der Waals surface area contributed by atoms with Crippen LogP contribution in [-0.4, -0.2) is 24.1 Å². The van der Waals surface area contributed by atoms with Crippen LogP contribution in [0.2, 0.25) is 0 Å². The summed E-state index contributed by atoms with van der Waals surface area (Å²) in [5.74, 6) is -0.324. The molecule has 0 saturated carbocycles. The first kappa shape index (κ1) is 12.6. The minimum Gasteiger partial charge on any atom is -0.461 e. The van der Waals surface area contributed by atoms with E-state index in [0.29, 0.717) is 11.9 Å². The minimum absolute atomic E-state index is 0.324. The van der Waals surface area contributed by atoms with Gasteiger partial charge in [0.2, 0.25) is 0 Å². The lowest BCUT2D eigenvalue weighted by Crippen LogP contribution is -2.14. The van der Waals surface area contributed by atoms with Crippen LogP contribution < -0.4 is 0 Å². The van der Waals surface area contributed by atoms with E-state index in [0.717, 1.165) is 6.42 Å². The number of carbonyl (C=O) groups excluding carboxylic acids is 1. The summed E-state index contributed by atoms with van der Waals surface area (Å²) in [4.78, 5) is 10.8. The first-order valence-electron chi connectivity index (χ1n) is 4.56. The van der Waals surface area contributed by atoms with Crippen molar-refractivity contribution >= 4 is 17.7 Å². The molecule has 3 heteroatoms. The van der Waals surface area contributed by atoms with E-state index < -0.39 is 0 Å². The zero-order valence-corrected chi connectivity index (χ0v) is 9.23. The highest BCUT2D eigenvalue weighted by Crippen LogP contribution is 2.14. The van der Waals surface area contributed by atoms with Gasteiger partial charge in [0.15, 0.2) is 0 Å². The van der Waals surface area contributed by atoms with E-state index in [9.17, 15) is 4.79 Å². The number of ether oxygens (including phenoxy) is 1. The van der Waals surface area contributed by atoms with E-state index in [4.69, 9.17) is 4.74 Å². The van der Waals surface area contributed by atoms with Gasteiger partial charge in [-0.1, -0.05) is 26.3 Å². The molecule has 0 amide bonds. The molecule has 0 N–H and O–H groups in total. The molecule has 0 radical (unpaired) electrons. The van der Waals surface area contributed by atoms with Crippen LogP contribution in [0, 0.1) is 0 Å². The topological polar surface area (TPSA) is 26.3 Å². The summed E-state index contributed by atoms with van der Waals surface area (Å²) in [5, 5.41) is 0.434. The van der Waals surface area contributed by atoms with Crippen LogP contribution in [0.3, 0.4) is 0 Å². The number of hydrogen-bond donors (Lipinski definition) is 0. The molecule has 0 aromatic heterocycles. The Morgan fingerprint density at radius 3 is 2.85 bits per heavy atom. The third-order valence-electron chi connectivity index (χ3n) is 1.79. The second-order valence-corrected chi connectivity index (χ2v) is 3.97. The van der Waals surface area contributed by atoms with Crippen molar-refractivity contribution in [3.05, 3.63) is 12.7 Å². The van der Waals surface area contributed by atoms with Crippen LogP contribution in [0.5, 0.6) is 0 Å². The Morgan fingerprint density at radius 2 is 2.38 bits per heavy atom. The maximum atomic E-state index is 10.8. The van der Waals surface area contributed by atoms with Crippen molar-refractivity contribution < 1.29 is 9.53 Å². The van der Waals surface area contributed by atoms with Crippen molar-refractivity contribution in [1.29, 1.82) is 0 Å². The Balaban J connectivity index is 3.58. The Hall–Kier alpha value is -0.440. The fourth-order valence-electron chi connectivity index (χ4n) is 0.935. The summed E-state index contributed by atoms with van der Waals surface area (Å²) in [6.07, 6.45) is 6.74. The van der Waals surface area contributed by atoms with Crippen molar-refractivity contribution in [3.63, 3.8) is 0 Å². The number of hydrogen-bond acceptors (Lipinski definition) is 3. The molecule has 0 aliphatic heterocycles. The number of unbranched alkanes of at least 4 members (excludes halogenated alkanes) is 1. The third-order valence-corrected chi connectivity index (χ3v) is 2.83. The summed E-state index contributed by atoms with van der Waals surface area (Å²) in [5.41, 5.74) is 0. The zero-order valence-electron chi connectivity index (χ0n) is 8.41. The number of thioether (sulfide) groups is 1. The van der Waals surface area contributed by atoms with Gasteiger partial charge in [0, 0.05) is 11.3 Å². The van der Waals surface area contributed by atoms with Crippen molar-refractivity contribution in [1.82, 2.24) is 0 Å². The molecule has 0 saturated heterocycles. The Kier molecular flexibility index (Phi) is 7.90. The predicted molar refractivity (Wildman–Crippen MR) is 58.0 cm³/mol. The summed E-state index contributed by atoms with van der Waals surface area (Å²) < 4.78 is 4.96. The second-order valence-electron chi connectivity index (χ2n) is 2.83. The molecule has 1 atom stereocenters. The molecule has 0 aromatic rings. The zero-order chi connectivity index (χ0) is 10.1. The highest BCUT2D eigenvalue weighted by molar-refractivity contribution is 7.99. The summed E-state index contributed by atoms with van der Waals surface area (Å²) >= 11 is 1.75. The van der Waals surface area contributed by atoms with E-state index in [1.807, 2.05) is 6.26 Å². The molecule has 2 nitrogen and oxygen atoms in total. The summed E-state index contributed by atoms with van der Waals surface area (Å²) in [7, 11) is 0. The third kappa shape index (κ3) is 6.70. The Labute approximate surface area is 84.7 Å². The van der Waals surface area contributed by atoms with Gasteiger partial charge in [-0.3, -0.25) is 0 Å². The maximum absolute atomic E-state index is 10.8.